The van der Waals surface area contributed by atoms with E-state index in [0.29, 0.717) is 6.54 Å². The van der Waals surface area contributed by atoms with Crippen molar-refractivity contribution in [2.75, 3.05) is 40.4 Å². The van der Waals surface area contributed by atoms with Gasteiger partial charge in [-0.2, -0.15) is 0 Å². The minimum absolute atomic E-state index is 0.358. The fourth-order valence-corrected chi connectivity index (χ4v) is 1.69. The van der Waals surface area contributed by atoms with Crippen molar-refractivity contribution in [3.63, 3.8) is 0 Å². The van der Waals surface area contributed by atoms with Crippen molar-refractivity contribution < 1.29 is 9.84 Å². The molecule has 16 heavy (non-hydrogen) atoms. The Morgan fingerprint density at radius 3 is 2.44 bits per heavy atom. The largest absolute Gasteiger partial charge is 0.389 e. The lowest BCUT2D eigenvalue weighted by Crippen LogP contribution is -2.37. The van der Waals surface area contributed by atoms with E-state index in [2.05, 4.69) is 11.9 Å². The Labute approximate surface area is 99.8 Å². The maximum atomic E-state index is 9.99. The van der Waals surface area contributed by atoms with E-state index in [1.807, 2.05) is 6.92 Å². The molecule has 3 N–H and O–H groups in total. The van der Waals surface area contributed by atoms with Gasteiger partial charge < -0.3 is 20.5 Å². The number of hydrogen-bond acceptors (Lipinski definition) is 4. The lowest BCUT2D eigenvalue weighted by Gasteiger charge is -2.26. The van der Waals surface area contributed by atoms with Gasteiger partial charge in [0.25, 0.3) is 0 Å². The SMILES string of the molecule is CCC(O)(CN)CCCN(C)CCCOC. The molecule has 0 spiro atoms. The minimum atomic E-state index is -0.659. The Morgan fingerprint density at radius 2 is 1.94 bits per heavy atom. The zero-order valence-electron chi connectivity index (χ0n) is 11.0. The van der Waals surface area contributed by atoms with Crippen molar-refractivity contribution in [3.05, 3.63) is 0 Å². The molecule has 0 aliphatic heterocycles. The van der Waals surface area contributed by atoms with Crippen LogP contribution >= 0.6 is 0 Å². The van der Waals surface area contributed by atoms with Gasteiger partial charge in [0.1, 0.15) is 0 Å². The number of ether oxygens (including phenoxy) is 1. The molecule has 4 nitrogen and oxygen atoms in total. The van der Waals surface area contributed by atoms with Crippen molar-refractivity contribution in [1.82, 2.24) is 4.90 Å². The monoisotopic (exact) mass is 232 g/mol. The van der Waals surface area contributed by atoms with Crippen LogP contribution in [0.25, 0.3) is 0 Å². The molecule has 1 atom stereocenters. The molecule has 0 fully saturated rings. The first-order chi connectivity index (χ1) is 7.58. The molecule has 0 aromatic rings. The van der Waals surface area contributed by atoms with E-state index in [1.165, 1.54) is 0 Å². The Hall–Kier alpha value is -0.160. The molecule has 0 saturated carbocycles. The molecule has 1 unspecified atom stereocenters. The maximum absolute atomic E-state index is 9.99. The predicted octanol–water partition coefficient (Wildman–Crippen LogP) is 0.835. The van der Waals surface area contributed by atoms with E-state index < -0.39 is 5.60 Å². The van der Waals surface area contributed by atoms with E-state index in [9.17, 15) is 5.11 Å². The highest BCUT2D eigenvalue weighted by Crippen LogP contribution is 2.15. The number of hydrogen-bond donors (Lipinski definition) is 2. The Morgan fingerprint density at radius 1 is 1.31 bits per heavy atom. The van der Waals surface area contributed by atoms with Crippen molar-refractivity contribution in [1.29, 1.82) is 0 Å². The first-order valence-corrected chi connectivity index (χ1v) is 6.18. The first kappa shape index (κ1) is 15.8. The molecule has 0 amide bonds. The highest BCUT2D eigenvalue weighted by atomic mass is 16.5. The topological polar surface area (TPSA) is 58.7 Å². The summed E-state index contributed by atoms with van der Waals surface area (Å²) >= 11 is 0. The van der Waals surface area contributed by atoms with Gasteiger partial charge in [0.05, 0.1) is 5.60 Å². The van der Waals surface area contributed by atoms with Gasteiger partial charge in [-0.25, -0.2) is 0 Å². The van der Waals surface area contributed by atoms with Crippen molar-refractivity contribution in [3.8, 4) is 0 Å². The quantitative estimate of drug-likeness (QED) is 0.548. The minimum Gasteiger partial charge on any atom is -0.389 e. The average Bonchev–Trinajstić information content (AvgIpc) is 2.29. The lowest BCUT2D eigenvalue weighted by atomic mass is 9.95. The smallest absolute Gasteiger partial charge is 0.0767 e. The van der Waals surface area contributed by atoms with Crippen LogP contribution in [0.5, 0.6) is 0 Å². The molecule has 0 saturated heterocycles. The van der Waals surface area contributed by atoms with E-state index >= 15 is 0 Å². The van der Waals surface area contributed by atoms with Crippen LogP contribution in [0.1, 0.15) is 32.6 Å². The second-order valence-electron chi connectivity index (χ2n) is 4.54. The summed E-state index contributed by atoms with van der Waals surface area (Å²) in [6, 6.07) is 0. The molecule has 0 bridgehead atoms. The average molecular weight is 232 g/mol. The highest BCUT2D eigenvalue weighted by Gasteiger charge is 2.21. The standard InChI is InChI=1S/C12H28N2O2/c1-4-12(15,11-13)7-5-8-14(2)9-6-10-16-3/h15H,4-11,13H2,1-3H3. The number of aliphatic hydroxyl groups is 1. The first-order valence-electron chi connectivity index (χ1n) is 6.18. The van der Waals surface area contributed by atoms with Gasteiger partial charge in [0, 0.05) is 26.8 Å². The van der Waals surface area contributed by atoms with Gasteiger partial charge in [-0.05, 0) is 39.3 Å². The Bertz CT molecular complexity index is 161. The molecule has 0 aliphatic rings. The van der Waals surface area contributed by atoms with Gasteiger partial charge in [-0.15, -0.1) is 0 Å². The Kier molecular flexibility index (Phi) is 8.84. The zero-order valence-corrected chi connectivity index (χ0v) is 11.0. The van der Waals surface area contributed by atoms with Crippen molar-refractivity contribution in [2.45, 2.75) is 38.2 Å². The van der Waals surface area contributed by atoms with Crippen LogP contribution in [0.2, 0.25) is 0 Å². The molecule has 98 valence electrons. The summed E-state index contributed by atoms with van der Waals surface area (Å²) in [7, 11) is 3.83. The molecule has 0 heterocycles. The normalized spacial score (nSPS) is 15.4. The molecular weight excluding hydrogens is 204 g/mol. The van der Waals surface area contributed by atoms with Crippen molar-refractivity contribution >= 4 is 0 Å². The Balaban J connectivity index is 3.56. The van der Waals surface area contributed by atoms with Gasteiger partial charge in [0.15, 0.2) is 0 Å². The third kappa shape index (κ3) is 7.17. The highest BCUT2D eigenvalue weighted by molar-refractivity contribution is 4.77. The van der Waals surface area contributed by atoms with Crippen LogP contribution < -0.4 is 5.73 Å². The summed E-state index contributed by atoms with van der Waals surface area (Å²) in [5, 5.41) is 9.99. The van der Waals surface area contributed by atoms with Crippen LogP contribution in [0, 0.1) is 0 Å². The molecule has 0 aromatic carbocycles. The van der Waals surface area contributed by atoms with Crippen molar-refractivity contribution in [2.24, 2.45) is 5.73 Å². The van der Waals surface area contributed by atoms with E-state index in [-0.39, 0.29) is 0 Å². The number of methoxy groups -OCH3 is 1. The summed E-state index contributed by atoms with van der Waals surface area (Å²) in [4.78, 5) is 2.27. The molecule has 0 radical (unpaired) electrons. The second-order valence-corrected chi connectivity index (χ2v) is 4.54. The van der Waals surface area contributed by atoms with E-state index in [1.54, 1.807) is 7.11 Å². The molecule has 0 aromatic heterocycles. The van der Waals surface area contributed by atoms with Crippen LogP contribution in [-0.2, 0) is 4.74 Å². The number of rotatable bonds is 10. The van der Waals surface area contributed by atoms with E-state index in [4.69, 9.17) is 10.5 Å². The van der Waals surface area contributed by atoms with Gasteiger partial charge >= 0.3 is 0 Å². The molecule has 0 rings (SSSR count). The fourth-order valence-electron chi connectivity index (χ4n) is 1.69. The van der Waals surface area contributed by atoms with Crippen LogP contribution in [-0.4, -0.2) is 56.0 Å². The molecule has 4 heteroatoms. The molecular formula is C12H28N2O2. The van der Waals surface area contributed by atoms with Gasteiger partial charge in [0.2, 0.25) is 0 Å². The fraction of sp³-hybridized carbons (Fsp3) is 1.00. The van der Waals surface area contributed by atoms with Crippen LogP contribution in [0.3, 0.4) is 0 Å². The summed E-state index contributed by atoms with van der Waals surface area (Å²) in [6.07, 6.45) is 3.57. The number of nitrogens with zero attached hydrogens (tertiary/aromatic N) is 1. The third-order valence-electron chi connectivity index (χ3n) is 3.11. The second kappa shape index (κ2) is 8.93. The summed E-state index contributed by atoms with van der Waals surface area (Å²) < 4.78 is 5.00. The predicted molar refractivity (Wildman–Crippen MR) is 67.5 cm³/mol. The molecule has 0 aliphatic carbocycles. The third-order valence-corrected chi connectivity index (χ3v) is 3.11. The summed E-state index contributed by atoms with van der Waals surface area (Å²) in [6.45, 7) is 5.20. The maximum Gasteiger partial charge on any atom is 0.0767 e. The van der Waals surface area contributed by atoms with Crippen LogP contribution in [0.4, 0.5) is 0 Å². The summed E-state index contributed by atoms with van der Waals surface area (Å²) in [5.74, 6) is 0. The lowest BCUT2D eigenvalue weighted by molar-refractivity contribution is 0.0321. The van der Waals surface area contributed by atoms with Crippen LogP contribution in [0.15, 0.2) is 0 Å². The zero-order chi connectivity index (χ0) is 12.4. The number of nitrogens with two attached hydrogens (primary N) is 1. The van der Waals surface area contributed by atoms with E-state index in [0.717, 1.165) is 45.4 Å². The van der Waals surface area contributed by atoms with Gasteiger partial charge in [-0.3, -0.25) is 0 Å². The van der Waals surface area contributed by atoms with Gasteiger partial charge in [-0.1, -0.05) is 6.92 Å². The summed E-state index contributed by atoms with van der Waals surface area (Å²) in [5.41, 5.74) is 4.89.